The predicted molar refractivity (Wildman–Crippen MR) is 110 cm³/mol. The largest absolute Gasteiger partial charge is 0.497 e. The Balaban J connectivity index is 3.12. The lowest BCUT2D eigenvalue weighted by molar-refractivity contribution is -0.128. The molecular weight excluding hydrogens is 344 g/mol. The molecule has 26 heavy (non-hydrogen) atoms. The van der Waals surface area contributed by atoms with Crippen LogP contribution >= 0.6 is 0 Å². The lowest BCUT2D eigenvalue weighted by Gasteiger charge is -2.40. The van der Waals surface area contributed by atoms with Gasteiger partial charge in [-0.3, -0.25) is 0 Å². The van der Waals surface area contributed by atoms with E-state index < -0.39 is 14.4 Å². The summed E-state index contributed by atoms with van der Waals surface area (Å²) < 4.78 is 18.0. The molecule has 0 N–H and O–H groups in total. The van der Waals surface area contributed by atoms with Gasteiger partial charge in [-0.05, 0) is 56.5 Å². The molecule has 5 heteroatoms. The SMILES string of the molecule is C=C/C(=C/[C@H]1C/C(C)=C\CC[C@@H](O[Si](C)(C)C(C)(C)C)[C@@H](C=O)O1)OC. The van der Waals surface area contributed by atoms with Crippen molar-refractivity contribution in [2.75, 3.05) is 7.11 Å². The summed E-state index contributed by atoms with van der Waals surface area (Å²) in [6, 6.07) is 0. The molecule has 0 saturated heterocycles. The molecule has 1 heterocycles. The maximum atomic E-state index is 11.9. The lowest BCUT2D eigenvalue weighted by Crippen LogP contribution is -2.48. The third kappa shape index (κ3) is 6.52. The first-order valence-corrected chi connectivity index (χ1v) is 12.3. The minimum Gasteiger partial charge on any atom is -0.497 e. The Bertz CT molecular complexity index is 543. The summed E-state index contributed by atoms with van der Waals surface area (Å²) in [7, 11) is -0.403. The molecule has 0 radical (unpaired) electrons. The quantitative estimate of drug-likeness (QED) is 0.209. The first kappa shape index (κ1) is 22.9. The van der Waals surface area contributed by atoms with Crippen LogP contribution in [0.2, 0.25) is 18.1 Å². The highest BCUT2D eigenvalue weighted by Gasteiger charge is 2.41. The number of rotatable bonds is 6. The van der Waals surface area contributed by atoms with E-state index in [1.165, 1.54) is 5.57 Å². The van der Waals surface area contributed by atoms with Gasteiger partial charge in [0.05, 0.1) is 19.3 Å². The van der Waals surface area contributed by atoms with Crippen molar-refractivity contribution in [3.8, 4) is 0 Å². The van der Waals surface area contributed by atoms with E-state index in [0.717, 1.165) is 25.5 Å². The molecule has 0 aromatic rings. The van der Waals surface area contributed by atoms with Crippen molar-refractivity contribution in [1.29, 1.82) is 0 Å². The minimum absolute atomic E-state index is 0.0793. The molecule has 0 unspecified atom stereocenters. The highest BCUT2D eigenvalue weighted by atomic mass is 28.4. The van der Waals surface area contributed by atoms with Gasteiger partial charge in [-0.15, -0.1) is 0 Å². The van der Waals surface area contributed by atoms with Crippen molar-refractivity contribution in [3.05, 3.63) is 36.1 Å². The summed E-state index contributed by atoms with van der Waals surface area (Å²) in [5, 5.41) is 0.0793. The van der Waals surface area contributed by atoms with Gasteiger partial charge in [0.1, 0.15) is 11.9 Å². The second-order valence-electron chi connectivity index (χ2n) is 8.50. The average molecular weight is 381 g/mol. The van der Waals surface area contributed by atoms with Crippen molar-refractivity contribution in [3.63, 3.8) is 0 Å². The van der Waals surface area contributed by atoms with E-state index in [9.17, 15) is 4.79 Å². The smallest absolute Gasteiger partial charge is 0.192 e. The highest BCUT2D eigenvalue weighted by molar-refractivity contribution is 6.74. The zero-order valence-corrected chi connectivity index (χ0v) is 18.5. The predicted octanol–water partition coefficient (Wildman–Crippen LogP) is 5.18. The van der Waals surface area contributed by atoms with Crippen LogP contribution in [-0.4, -0.2) is 40.0 Å². The van der Waals surface area contributed by atoms with E-state index in [4.69, 9.17) is 13.9 Å². The van der Waals surface area contributed by atoms with Crippen LogP contribution in [0.3, 0.4) is 0 Å². The second-order valence-corrected chi connectivity index (χ2v) is 13.3. The Morgan fingerprint density at radius 3 is 2.54 bits per heavy atom. The molecule has 3 atom stereocenters. The zero-order valence-electron chi connectivity index (χ0n) is 17.5. The molecule has 1 rings (SSSR count). The van der Waals surface area contributed by atoms with Crippen LogP contribution < -0.4 is 0 Å². The van der Waals surface area contributed by atoms with Crippen molar-refractivity contribution in [2.24, 2.45) is 0 Å². The molecule has 1 aliphatic heterocycles. The maximum Gasteiger partial charge on any atom is 0.192 e. The zero-order chi connectivity index (χ0) is 20.0. The van der Waals surface area contributed by atoms with Gasteiger partial charge in [-0.2, -0.15) is 0 Å². The Kier molecular flexibility index (Phi) is 8.51. The van der Waals surface area contributed by atoms with E-state index >= 15 is 0 Å². The minimum atomic E-state index is -2.01. The lowest BCUT2D eigenvalue weighted by atomic mass is 10.1. The summed E-state index contributed by atoms with van der Waals surface area (Å²) in [4.78, 5) is 11.9. The van der Waals surface area contributed by atoms with E-state index in [1.54, 1.807) is 13.2 Å². The molecule has 0 fully saturated rings. The third-order valence-corrected chi connectivity index (χ3v) is 9.84. The standard InChI is InChI=1S/C21H36O4Si/c1-9-17(23-6)14-18-13-16(2)11-10-12-19(20(15-22)24-18)25-26(7,8)21(3,4)5/h9,11,14-15,18-20H,1,10,12-13H2,2-8H3/b16-11-,17-14-/t18-,19-,20-/m1/s1. The van der Waals surface area contributed by atoms with Crippen LogP contribution in [0.4, 0.5) is 0 Å². The van der Waals surface area contributed by atoms with Gasteiger partial charge < -0.3 is 18.7 Å². The number of ether oxygens (including phenoxy) is 2. The summed E-state index contributed by atoms with van der Waals surface area (Å²) in [5.74, 6) is 0.647. The molecule has 4 nitrogen and oxygen atoms in total. The number of aldehydes is 1. The number of carbonyl (C=O) groups excluding carboxylic acids is 1. The number of hydrogen-bond donors (Lipinski definition) is 0. The normalized spacial score (nSPS) is 28.2. The van der Waals surface area contributed by atoms with Gasteiger partial charge in [0.2, 0.25) is 0 Å². The number of hydrogen-bond acceptors (Lipinski definition) is 4. The van der Waals surface area contributed by atoms with Crippen molar-refractivity contribution in [1.82, 2.24) is 0 Å². The summed E-state index contributed by atoms with van der Waals surface area (Å²) >= 11 is 0. The number of carbonyl (C=O) groups is 1. The maximum absolute atomic E-state index is 11.9. The van der Waals surface area contributed by atoms with Gasteiger partial charge in [-0.25, -0.2) is 0 Å². The second kappa shape index (κ2) is 9.67. The van der Waals surface area contributed by atoms with E-state index in [1.807, 2.05) is 6.08 Å². The molecular formula is C21H36O4Si. The summed E-state index contributed by atoms with van der Waals surface area (Å²) in [6.07, 6.45) is 7.95. The molecule has 0 aromatic heterocycles. The Morgan fingerprint density at radius 1 is 1.38 bits per heavy atom. The van der Waals surface area contributed by atoms with E-state index in [2.05, 4.69) is 53.4 Å². The molecule has 0 saturated carbocycles. The van der Waals surface area contributed by atoms with Crippen molar-refractivity contribution in [2.45, 2.75) is 83.4 Å². The summed E-state index contributed by atoms with van der Waals surface area (Å²) in [5.41, 5.74) is 1.24. The van der Waals surface area contributed by atoms with E-state index in [0.29, 0.717) is 5.76 Å². The van der Waals surface area contributed by atoms with Crippen LogP contribution in [0.25, 0.3) is 0 Å². The monoisotopic (exact) mass is 380 g/mol. The molecule has 0 bridgehead atoms. The van der Waals surface area contributed by atoms with Crippen molar-refractivity contribution >= 4 is 14.6 Å². The number of allylic oxidation sites excluding steroid dienone is 2. The van der Waals surface area contributed by atoms with Crippen LogP contribution in [-0.2, 0) is 18.7 Å². The Labute approximate surface area is 160 Å². The van der Waals surface area contributed by atoms with Gasteiger partial charge in [0, 0.05) is 0 Å². The summed E-state index contributed by atoms with van der Waals surface area (Å²) in [6.45, 7) is 16.9. The molecule has 0 amide bonds. The van der Waals surface area contributed by atoms with E-state index in [-0.39, 0.29) is 17.2 Å². The van der Waals surface area contributed by atoms with Gasteiger partial charge in [0.15, 0.2) is 14.6 Å². The van der Waals surface area contributed by atoms with Gasteiger partial charge in [0.25, 0.3) is 0 Å². The van der Waals surface area contributed by atoms with Gasteiger partial charge >= 0.3 is 0 Å². The van der Waals surface area contributed by atoms with Crippen LogP contribution in [0, 0.1) is 0 Å². The molecule has 0 spiro atoms. The number of methoxy groups -OCH3 is 1. The van der Waals surface area contributed by atoms with Crippen molar-refractivity contribution < 1.29 is 18.7 Å². The fourth-order valence-corrected chi connectivity index (χ4v) is 4.06. The Morgan fingerprint density at radius 2 is 2.04 bits per heavy atom. The third-order valence-electron chi connectivity index (χ3n) is 5.34. The first-order chi connectivity index (χ1) is 12.0. The Hall–Kier alpha value is -1.17. The first-order valence-electron chi connectivity index (χ1n) is 9.36. The molecule has 148 valence electrons. The average Bonchev–Trinajstić information content (AvgIpc) is 2.60. The fraction of sp³-hybridized carbons (Fsp3) is 0.667. The fourth-order valence-electron chi connectivity index (χ4n) is 2.70. The van der Waals surface area contributed by atoms with Crippen LogP contribution in [0.1, 0.15) is 47.0 Å². The molecule has 0 aliphatic carbocycles. The van der Waals surface area contributed by atoms with Gasteiger partial charge in [-0.1, -0.05) is 39.0 Å². The highest BCUT2D eigenvalue weighted by Crippen LogP contribution is 2.38. The molecule has 1 aliphatic rings. The topological polar surface area (TPSA) is 44.8 Å². The molecule has 0 aromatic carbocycles. The van der Waals surface area contributed by atoms with Crippen LogP contribution in [0.15, 0.2) is 36.1 Å². The van der Waals surface area contributed by atoms with Crippen LogP contribution in [0.5, 0.6) is 0 Å².